The van der Waals surface area contributed by atoms with Crippen LogP contribution in [0.1, 0.15) is 0 Å². The lowest BCUT2D eigenvalue weighted by molar-refractivity contribution is -0.121. The van der Waals surface area contributed by atoms with Crippen molar-refractivity contribution in [1.29, 1.82) is 0 Å². The van der Waals surface area contributed by atoms with Gasteiger partial charge in [0.05, 0.1) is 18.5 Å². The highest BCUT2D eigenvalue weighted by Crippen LogP contribution is 2.25. The van der Waals surface area contributed by atoms with Gasteiger partial charge in [-0.15, -0.1) is 0 Å². The van der Waals surface area contributed by atoms with Crippen LogP contribution in [0.25, 0.3) is 0 Å². The Bertz CT molecular complexity index is 545. The van der Waals surface area contributed by atoms with Crippen molar-refractivity contribution in [2.45, 2.75) is 6.18 Å². The van der Waals surface area contributed by atoms with Crippen molar-refractivity contribution in [2.75, 3.05) is 24.1 Å². The Labute approximate surface area is 107 Å². The van der Waals surface area contributed by atoms with Gasteiger partial charge in [0, 0.05) is 6.07 Å². The summed E-state index contributed by atoms with van der Waals surface area (Å²) in [7, 11) is -3.00. The number of halogens is 3. The van der Waals surface area contributed by atoms with Gasteiger partial charge in [-0.2, -0.15) is 26.3 Å². The van der Waals surface area contributed by atoms with Crippen LogP contribution in [0.4, 0.5) is 24.5 Å². The molecular formula is C9H12F3N3O3S. The minimum Gasteiger partial charge on any atom is -0.495 e. The van der Waals surface area contributed by atoms with E-state index >= 15 is 0 Å². The van der Waals surface area contributed by atoms with Gasteiger partial charge in [-0.25, -0.2) is 0 Å². The van der Waals surface area contributed by atoms with E-state index < -0.39 is 22.9 Å². The zero-order chi connectivity index (χ0) is 14.7. The molecule has 1 aromatic rings. The first-order valence-electron chi connectivity index (χ1n) is 4.90. The molecule has 0 spiro atoms. The highest BCUT2D eigenvalue weighted by atomic mass is 32.2. The van der Waals surface area contributed by atoms with E-state index in [4.69, 9.17) is 10.5 Å². The van der Waals surface area contributed by atoms with E-state index in [0.29, 0.717) is 0 Å². The average Bonchev–Trinajstić information content (AvgIpc) is 2.28. The van der Waals surface area contributed by atoms with Crippen LogP contribution < -0.4 is 19.9 Å². The number of nitrogens with two attached hydrogens (primary N) is 1. The van der Waals surface area contributed by atoms with Crippen molar-refractivity contribution < 1.29 is 26.3 Å². The van der Waals surface area contributed by atoms with Gasteiger partial charge in [0.15, 0.2) is 0 Å². The fourth-order valence-electron chi connectivity index (χ4n) is 1.14. The molecule has 4 N–H and O–H groups in total. The highest BCUT2D eigenvalue weighted by molar-refractivity contribution is 7.90. The number of benzene rings is 1. The summed E-state index contributed by atoms with van der Waals surface area (Å²) in [5, 5.41) is 0. The number of nitrogen functional groups attached to an aromatic ring is 1. The Hall–Kier alpha value is -1.68. The maximum absolute atomic E-state index is 11.9. The fraction of sp³-hybridized carbons (Fsp3) is 0.333. The lowest BCUT2D eigenvalue weighted by Crippen LogP contribution is -2.37. The van der Waals surface area contributed by atoms with Crippen LogP contribution in [-0.2, 0) is 10.2 Å². The molecule has 0 unspecified atom stereocenters. The maximum atomic E-state index is 11.9. The molecule has 0 aromatic heterocycles. The Morgan fingerprint density at radius 3 is 2.53 bits per heavy atom. The molecule has 0 aliphatic carbocycles. The SMILES string of the molecule is COc1cc(NS(=O)(=O)NCC(F)(F)F)ccc1N. The van der Waals surface area contributed by atoms with Crippen molar-refractivity contribution in [2.24, 2.45) is 0 Å². The van der Waals surface area contributed by atoms with Crippen LogP contribution in [0.15, 0.2) is 18.2 Å². The monoisotopic (exact) mass is 299 g/mol. The van der Waals surface area contributed by atoms with E-state index in [-0.39, 0.29) is 17.1 Å². The van der Waals surface area contributed by atoms with E-state index in [9.17, 15) is 21.6 Å². The van der Waals surface area contributed by atoms with Gasteiger partial charge in [0.25, 0.3) is 10.2 Å². The molecular weight excluding hydrogens is 287 g/mol. The number of nitrogens with one attached hydrogen (secondary N) is 2. The largest absolute Gasteiger partial charge is 0.495 e. The second-order valence-electron chi connectivity index (χ2n) is 3.50. The van der Waals surface area contributed by atoms with Crippen molar-refractivity contribution in [3.63, 3.8) is 0 Å². The van der Waals surface area contributed by atoms with E-state index in [0.717, 1.165) is 0 Å². The molecule has 108 valence electrons. The van der Waals surface area contributed by atoms with Gasteiger partial charge in [0.1, 0.15) is 12.3 Å². The molecule has 0 saturated carbocycles. The normalized spacial score (nSPS) is 12.2. The smallest absolute Gasteiger partial charge is 0.402 e. The minimum absolute atomic E-state index is 0.0284. The number of ether oxygens (including phenoxy) is 1. The second-order valence-corrected chi connectivity index (χ2v) is 5.00. The number of anilines is 2. The summed E-state index contributed by atoms with van der Waals surface area (Å²) in [6.45, 7) is -1.66. The molecule has 0 atom stereocenters. The predicted octanol–water partition coefficient (Wildman–Crippen LogP) is 1.09. The number of alkyl halides is 3. The second kappa shape index (κ2) is 5.53. The van der Waals surface area contributed by atoms with Gasteiger partial charge in [-0.05, 0) is 12.1 Å². The first-order chi connectivity index (χ1) is 8.63. The van der Waals surface area contributed by atoms with Crippen molar-refractivity contribution in [3.05, 3.63) is 18.2 Å². The van der Waals surface area contributed by atoms with Crippen LogP contribution in [0.5, 0.6) is 5.75 Å². The molecule has 6 nitrogen and oxygen atoms in total. The highest BCUT2D eigenvalue weighted by Gasteiger charge is 2.29. The topological polar surface area (TPSA) is 93.4 Å². The zero-order valence-electron chi connectivity index (χ0n) is 9.78. The van der Waals surface area contributed by atoms with Gasteiger partial charge in [-0.1, -0.05) is 0 Å². The molecule has 0 fully saturated rings. The minimum atomic E-state index is -4.63. The summed E-state index contributed by atoms with van der Waals surface area (Å²) in [5.41, 5.74) is 5.81. The maximum Gasteiger partial charge on any atom is 0.402 e. The molecule has 0 heterocycles. The number of hydrogen-bond acceptors (Lipinski definition) is 4. The van der Waals surface area contributed by atoms with Crippen LogP contribution in [-0.4, -0.2) is 28.2 Å². The molecule has 0 radical (unpaired) electrons. The van der Waals surface area contributed by atoms with Crippen LogP contribution in [0.3, 0.4) is 0 Å². The Morgan fingerprint density at radius 1 is 1.37 bits per heavy atom. The Morgan fingerprint density at radius 2 is 2.00 bits per heavy atom. The lowest BCUT2D eigenvalue weighted by Gasteiger charge is -2.12. The number of hydrogen-bond donors (Lipinski definition) is 3. The lowest BCUT2D eigenvalue weighted by atomic mass is 10.3. The van der Waals surface area contributed by atoms with E-state index in [1.807, 2.05) is 4.72 Å². The summed E-state index contributed by atoms with van der Waals surface area (Å²) >= 11 is 0. The van der Waals surface area contributed by atoms with Gasteiger partial charge in [-0.3, -0.25) is 4.72 Å². The van der Waals surface area contributed by atoms with E-state index in [1.54, 1.807) is 0 Å². The third-order valence-electron chi connectivity index (χ3n) is 1.95. The fourth-order valence-corrected chi connectivity index (χ4v) is 2.01. The third kappa shape index (κ3) is 5.22. The zero-order valence-corrected chi connectivity index (χ0v) is 10.6. The standard InChI is InChI=1S/C9H12F3N3O3S/c1-18-8-4-6(2-3-7(8)13)15-19(16,17)14-5-9(10,11)12/h2-4,14-15H,5,13H2,1H3. The van der Waals surface area contributed by atoms with Crippen molar-refractivity contribution >= 4 is 21.6 Å². The molecule has 0 aliphatic rings. The van der Waals surface area contributed by atoms with Crippen molar-refractivity contribution in [1.82, 2.24) is 4.72 Å². The summed E-state index contributed by atoms with van der Waals surface area (Å²) in [5.74, 6) is 0.205. The third-order valence-corrected chi connectivity index (χ3v) is 2.98. The predicted molar refractivity (Wildman–Crippen MR) is 64.0 cm³/mol. The average molecular weight is 299 g/mol. The first kappa shape index (κ1) is 15.4. The molecule has 1 aromatic carbocycles. The van der Waals surface area contributed by atoms with E-state index in [2.05, 4.69) is 0 Å². The molecule has 0 bridgehead atoms. The molecule has 1 rings (SSSR count). The van der Waals surface area contributed by atoms with Gasteiger partial charge < -0.3 is 10.5 Å². The number of methoxy groups -OCH3 is 1. The Kier molecular flexibility index (Phi) is 4.48. The summed E-state index contributed by atoms with van der Waals surface area (Å²) < 4.78 is 66.5. The quantitative estimate of drug-likeness (QED) is 0.709. The van der Waals surface area contributed by atoms with E-state index in [1.165, 1.54) is 30.0 Å². The summed E-state index contributed by atoms with van der Waals surface area (Å²) in [4.78, 5) is 0. The molecule has 0 amide bonds. The van der Waals surface area contributed by atoms with Crippen LogP contribution in [0, 0.1) is 0 Å². The molecule has 19 heavy (non-hydrogen) atoms. The van der Waals surface area contributed by atoms with Gasteiger partial charge in [0.2, 0.25) is 0 Å². The summed E-state index contributed by atoms with van der Waals surface area (Å²) in [6.07, 6.45) is -4.63. The molecule has 0 saturated heterocycles. The first-order valence-corrected chi connectivity index (χ1v) is 6.39. The molecule has 10 heteroatoms. The summed E-state index contributed by atoms with van der Waals surface area (Å²) in [6, 6.07) is 3.91. The number of rotatable bonds is 5. The van der Waals surface area contributed by atoms with Crippen LogP contribution in [0.2, 0.25) is 0 Å². The van der Waals surface area contributed by atoms with Crippen molar-refractivity contribution in [3.8, 4) is 5.75 Å². The van der Waals surface area contributed by atoms with Crippen LogP contribution >= 0.6 is 0 Å². The molecule has 0 aliphatic heterocycles. The Balaban J connectivity index is 2.78. The van der Waals surface area contributed by atoms with Gasteiger partial charge >= 0.3 is 6.18 Å².